The van der Waals surface area contributed by atoms with Crippen molar-refractivity contribution in [3.8, 4) is 0 Å². The van der Waals surface area contributed by atoms with Gasteiger partial charge >= 0.3 is 10.2 Å². The Bertz CT molecular complexity index is 1010. The number of carbonyl (C=O) groups excluding carboxylic acids is 2. The number of carbonyl (C=O) groups is 2. The largest absolute Gasteiger partial charge is 0.345 e. The van der Waals surface area contributed by atoms with Crippen molar-refractivity contribution in [1.82, 2.24) is 14.1 Å². The van der Waals surface area contributed by atoms with Gasteiger partial charge in [-0.15, -0.1) is 4.40 Å². The number of benzene rings is 1. The number of hydrogen-bond acceptors (Lipinski definition) is 4. The third kappa shape index (κ3) is 4.40. The Kier molecular flexibility index (Phi) is 5.77. The minimum Gasteiger partial charge on any atom is -0.339 e. The Balaban J connectivity index is 1.82. The van der Waals surface area contributed by atoms with Crippen LogP contribution in [0.5, 0.6) is 0 Å². The van der Waals surface area contributed by atoms with Gasteiger partial charge in [0, 0.05) is 44.2 Å². The number of allylic oxidation sites excluding steroid dienone is 1. The van der Waals surface area contributed by atoms with Gasteiger partial charge in [-0.2, -0.15) is 8.42 Å². The molecule has 0 atom stereocenters. The minimum absolute atomic E-state index is 0.0416. The number of aryl methyl sites for hydroxylation is 1. The van der Waals surface area contributed by atoms with Crippen LogP contribution in [0.1, 0.15) is 31.9 Å². The summed E-state index contributed by atoms with van der Waals surface area (Å²) in [6, 6.07) is 7.29. The molecule has 1 fully saturated rings. The van der Waals surface area contributed by atoms with E-state index in [0.717, 1.165) is 9.87 Å². The van der Waals surface area contributed by atoms with E-state index in [-0.39, 0.29) is 23.2 Å². The molecule has 0 saturated carbocycles. The number of piperazine rings is 1. The number of hydrogen-bond donors (Lipinski definition) is 0. The molecular weight excluding hydrogens is 404 g/mol. The monoisotopic (exact) mass is 432 g/mol. The second-order valence-electron chi connectivity index (χ2n) is 8.65. The molecule has 1 aromatic rings. The lowest BCUT2D eigenvalue weighted by atomic mass is 9.94. The maximum absolute atomic E-state index is 13.1. The van der Waals surface area contributed by atoms with Crippen molar-refractivity contribution in [2.24, 2.45) is 9.81 Å². The van der Waals surface area contributed by atoms with Crippen molar-refractivity contribution in [3.05, 3.63) is 47.2 Å². The second-order valence-corrected chi connectivity index (χ2v) is 10.3. The smallest absolute Gasteiger partial charge is 0.339 e. The lowest BCUT2D eigenvalue weighted by Crippen LogP contribution is -2.54. The van der Waals surface area contributed by atoms with Gasteiger partial charge in [0.25, 0.3) is 5.91 Å². The molecule has 0 aromatic heterocycles. The molecule has 30 heavy (non-hydrogen) atoms. The summed E-state index contributed by atoms with van der Waals surface area (Å²) in [5.41, 5.74) is 1.47. The molecule has 1 saturated heterocycles. The van der Waals surface area contributed by atoms with Crippen molar-refractivity contribution in [2.75, 3.05) is 33.2 Å². The lowest BCUT2D eigenvalue weighted by Gasteiger charge is -2.38. The van der Waals surface area contributed by atoms with Gasteiger partial charge in [0.2, 0.25) is 5.91 Å². The number of rotatable bonds is 2. The third-order valence-electron chi connectivity index (χ3n) is 5.23. The Labute approximate surface area is 178 Å². The number of likely N-dealkylation sites (N-methyl/N-ethyl adjacent to an activating group) is 1. The van der Waals surface area contributed by atoms with E-state index in [0.29, 0.717) is 31.7 Å². The van der Waals surface area contributed by atoms with Gasteiger partial charge in [-0.05, 0) is 13.0 Å². The highest BCUT2D eigenvalue weighted by Crippen LogP contribution is 2.23. The topological polar surface area (TPSA) is 90.4 Å². The van der Waals surface area contributed by atoms with Crippen molar-refractivity contribution >= 4 is 27.7 Å². The predicted molar refractivity (Wildman–Crippen MR) is 115 cm³/mol. The highest BCUT2D eigenvalue weighted by molar-refractivity contribution is 7.88. The summed E-state index contributed by atoms with van der Waals surface area (Å²) in [4.78, 5) is 28.9. The molecule has 0 bridgehead atoms. The van der Waals surface area contributed by atoms with Crippen LogP contribution in [0.25, 0.3) is 0 Å². The quantitative estimate of drug-likeness (QED) is 0.710. The molecule has 0 unspecified atom stereocenters. The molecule has 0 radical (unpaired) electrons. The summed E-state index contributed by atoms with van der Waals surface area (Å²) in [6.45, 7) is 9.08. The summed E-state index contributed by atoms with van der Waals surface area (Å²) >= 11 is 0. The molecule has 2 heterocycles. The predicted octanol–water partition coefficient (Wildman–Crippen LogP) is 1.58. The molecule has 0 N–H and O–H groups in total. The molecule has 2 aliphatic rings. The van der Waals surface area contributed by atoms with Crippen molar-refractivity contribution in [3.63, 3.8) is 0 Å². The van der Waals surface area contributed by atoms with Gasteiger partial charge < -0.3 is 9.80 Å². The normalized spacial score (nSPS) is 19.3. The first-order valence-corrected chi connectivity index (χ1v) is 11.3. The van der Waals surface area contributed by atoms with Crippen LogP contribution in [0.15, 0.2) is 40.4 Å². The van der Waals surface area contributed by atoms with Crippen LogP contribution in [0.3, 0.4) is 0 Å². The maximum Gasteiger partial charge on any atom is 0.345 e. The van der Waals surface area contributed by atoms with Crippen LogP contribution < -0.4 is 0 Å². The van der Waals surface area contributed by atoms with Crippen molar-refractivity contribution in [1.29, 1.82) is 0 Å². The molecular formula is C21H28N4O4S. The summed E-state index contributed by atoms with van der Waals surface area (Å²) in [5.74, 6) is -0.344. The van der Waals surface area contributed by atoms with Crippen LogP contribution in [-0.2, 0) is 19.8 Å². The Hall–Kier alpha value is -2.68. The zero-order chi connectivity index (χ0) is 22.3. The van der Waals surface area contributed by atoms with E-state index >= 15 is 0 Å². The molecule has 162 valence electrons. The summed E-state index contributed by atoms with van der Waals surface area (Å²) in [7, 11) is -2.68. The average molecular weight is 433 g/mol. The van der Waals surface area contributed by atoms with Crippen LogP contribution in [0, 0.1) is 12.3 Å². The van der Waals surface area contributed by atoms with Crippen LogP contribution >= 0.6 is 0 Å². The summed E-state index contributed by atoms with van der Waals surface area (Å²) in [5, 5.41) is 0. The Morgan fingerprint density at radius 3 is 2.03 bits per heavy atom. The van der Waals surface area contributed by atoms with Gasteiger partial charge in [-0.3, -0.25) is 9.59 Å². The van der Waals surface area contributed by atoms with Gasteiger partial charge in [0.15, 0.2) is 0 Å². The molecule has 2 amide bonds. The van der Waals surface area contributed by atoms with Crippen molar-refractivity contribution in [2.45, 2.75) is 27.7 Å². The summed E-state index contributed by atoms with van der Waals surface area (Å²) in [6.07, 6.45) is 1.51. The van der Waals surface area contributed by atoms with Gasteiger partial charge in [0.05, 0.1) is 5.71 Å². The fourth-order valence-electron chi connectivity index (χ4n) is 3.36. The highest BCUT2D eigenvalue weighted by Gasteiger charge is 2.35. The maximum atomic E-state index is 13.1. The van der Waals surface area contributed by atoms with E-state index in [1.807, 2.05) is 39.8 Å². The second kappa shape index (κ2) is 7.86. The van der Waals surface area contributed by atoms with E-state index in [9.17, 15) is 18.0 Å². The third-order valence-corrected chi connectivity index (χ3v) is 6.55. The Morgan fingerprint density at radius 1 is 0.967 bits per heavy atom. The standard InChI is InChI=1S/C21H28N4O4S/c1-15-6-8-16(9-7-15)17-14-18(23(5)30(28,29)22-17)19(26)24-10-12-25(13-11-24)20(27)21(2,3)4/h6-9,14H,10-13H2,1-5H3. The molecule has 0 spiro atoms. The van der Waals surface area contributed by atoms with Gasteiger partial charge in [0.1, 0.15) is 5.70 Å². The van der Waals surface area contributed by atoms with Crippen LogP contribution in [0.2, 0.25) is 0 Å². The highest BCUT2D eigenvalue weighted by atomic mass is 32.2. The molecule has 9 heteroatoms. The average Bonchev–Trinajstić information content (AvgIpc) is 2.69. The first-order chi connectivity index (χ1) is 13.9. The zero-order valence-electron chi connectivity index (χ0n) is 18.0. The van der Waals surface area contributed by atoms with E-state index in [4.69, 9.17) is 0 Å². The van der Waals surface area contributed by atoms with Gasteiger partial charge in [-0.25, -0.2) is 4.31 Å². The van der Waals surface area contributed by atoms with Crippen LogP contribution in [0.4, 0.5) is 0 Å². The van der Waals surface area contributed by atoms with E-state index in [1.165, 1.54) is 13.1 Å². The molecule has 2 aliphatic heterocycles. The van der Waals surface area contributed by atoms with E-state index < -0.39 is 15.6 Å². The van der Waals surface area contributed by atoms with E-state index in [2.05, 4.69) is 4.40 Å². The van der Waals surface area contributed by atoms with Crippen LogP contribution in [-0.4, -0.2) is 73.3 Å². The lowest BCUT2D eigenvalue weighted by molar-refractivity contribution is -0.144. The first-order valence-electron chi connectivity index (χ1n) is 9.86. The zero-order valence-corrected chi connectivity index (χ0v) is 18.9. The van der Waals surface area contributed by atoms with Gasteiger partial charge in [-0.1, -0.05) is 50.6 Å². The first kappa shape index (κ1) is 22.0. The molecule has 3 rings (SSSR count). The van der Waals surface area contributed by atoms with Crippen molar-refractivity contribution < 1.29 is 18.0 Å². The molecule has 1 aromatic carbocycles. The summed E-state index contributed by atoms with van der Waals surface area (Å²) < 4.78 is 29.9. The fourth-order valence-corrected chi connectivity index (χ4v) is 4.27. The molecule has 8 nitrogen and oxygen atoms in total. The molecule has 0 aliphatic carbocycles. The number of nitrogens with zero attached hydrogens (tertiary/aromatic N) is 4. The Morgan fingerprint density at radius 2 is 1.50 bits per heavy atom. The van der Waals surface area contributed by atoms with E-state index in [1.54, 1.807) is 21.9 Å². The number of amides is 2. The minimum atomic E-state index is -4.00. The fraction of sp³-hybridized carbons (Fsp3) is 0.476. The SMILES string of the molecule is Cc1ccc(C2=NS(=O)(=O)N(C)C(C(=O)N3CCN(C(=O)C(C)(C)C)CC3)=C2)cc1.